The molecule has 0 radical (unpaired) electrons. The first kappa shape index (κ1) is 12.4. The van der Waals surface area contributed by atoms with E-state index in [1.165, 1.54) is 12.1 Å². The Labute approximate surface area is 91.9 Å². The second kappa shape index (κ2) is 5.40. The number of rotatable bonds is 3. The molecule has 0 amide bonds. The number of hydrogen-bond donors (Lipinski definition) is 1. The minimum atomic E-state index is -4.40. The predicted molar refractivity (Wildman–Crippen MR) is 55.8 cm³/mol. The SMILES string of the molecule is CC#CCCNc1cccc(C(F)(F)F)n1. The van der Waals surface area contributed by atoms with E-state index < -0.39 is 11.9 Å². The van der Waals surface area contributed by atoms with Gasteiger partial charge in [-0.1, -0.05) is 6.07 Å². The van der Waals surface area contributed by atoms with Crippen LogP contribution in [0.3, 0.4) is 0 Å². The molecule has 0 aromatic carbocycles. The molecule has 0 aliphatic rings. The third-order valence-corrected chi connectivity index (χ3v) is 1.77. The Bertz CT molecular complexity index is 402. The van der Waals surface area contributed by atoms with Gasteiger partial charge in [-0.25, -0.2) is 4.98 Å². The lowest BCUT2D eigenvalue weighted by Crippen LogP contribution is -2.10. The molecule has 0 aliphatic carbocycles. The first-order chi connectivity index (χ1) is 7.54. The van der Waals surface area contributed by atoms with Crippen LogP contribution >= 0.6 is 0 Å². The number of halogens is 3. The van der Waals surface area contributed by atoms with E-state index in [-0.39, 0.29) is 5.82 Å². The van der Waals surface area contributed by atoms with E-state index in [4.69, 9.17) is 0 Å². The molecular formula is C11H11F3N2. The van der Waals surface area contributed by atoms with E-state index in [1.807, 2.05) is 0 Å². The third kappa shape index (κ3) is 3.81. The van der Waals surface area contributed by atoms with Crippen molar-refractivity contribution in [2.75, 3.05) is 11.9 Å². The highest BCUT2D eigenvalue weighted by atomic mass is 19.4. The monoisotopic (exact) mass is 228 g/mol. The lowest BCUT2D eigenvalue weighted by Gasteiger charge is -2.08. The van der Waals surface area contributed by atoms with Gasteiger partial charge in [0.2, 0.25) is 0 Å². The fourth-order valence-corrected chi connectivity index (χ4v) is 1.07. The van der Waals surface area contributed by atoms with Gasteiger partial charge in [0.15, 0.2) is 0 Å². The molecule has 0 unspecified atom stereocenters. The Morgan fingerprint density at radius 3 is 2.75 bits per heavy atom. The van der Waals surface area contributed by atoms with Crippen molar-refractivity contribution >= 4 is 5.82 Å². The van der Waals surface area contributed by atoms with E-state index in [0.29, 0.717) is 13.0 Å². The molecule has 0 spiro atoms. The number of nitrogens with zero attached hydrogens (tertiary/aromatic N) is 1. The van der Waals surface area contributed by atoms with Crippen molar-refractivity contribution in [3.05, 3.63) is 23.9 Å². The van der Waals surface area contributed by atoms with Crippen molar-refractivity contribution in [2.45, 2.75) is 19.5 Å². The van der Waals surface area contributed by atoms with E-state index in [2.05, 4.69) is 22.1 Å². The van der Waals surface area contributed by atoms with Gasteiger partial charge in [0.25, 0.3) is 0 Å². The largest absolute Gasteiger partial charge is 0.433 e. The standard InChI is InChI=1S/C11H11F3N2/c1-2-3-4-8-15-10-7-5-6-9(16-10)11(12,13)14/h5-7H,4,8H2,1H3,(H,15,16). The summed E-state index contributed by atoms with van der Waals surface area (Å²) in [6.45, 7) is 2.19. The van der Waals surface area contributed by atoms with Crippen LogP contribution in [0.2, 0.25) is 0 Å². The molecule has 0 atom stereocenters. The summed E-state index contributed by atoms with van der Waals surface area (Å²) in [7, 11) is 0. The van der Waals surface area contributed by atoms with Crippen molar-refractivity contribution in [2.24, 2.45) is 0 Å². The maximum absolute atomic E-state index is 12.3. The molecule has 0 saturated carbocycles. The quantitative estimate of drug-likeness (QED) is 0.635. The lowest BCUT2D eigenvalue weighted by molar-refractivity contribution is -0.141. The van der Waals surface area contributed by atoms with Crippen LogP contribution in [0.5, 0.6) is 0 Å². The van der Waals surface area contributed by atoms with Crippen LogP contribution in [0, 0.1) is 11.8 Å². The first-order valence-corrected chi connectivity index (χ1v) is 4.72. The number of anilines is 1. The molecule has 86 valence electrons. The summed E-state index contributed by atoms with van der Waals surface area (Å²) < 4.78 is 36.9. The summed E-state index contributed by atoms with van der Waals surface area (Å²) >= 11 is 0. The van der Waals surface area contributed by atoms with Crippen molar-refractivity contribution in [1.29, 1.82) is 0 Å². The minimum absolute atomic E-state index is 0.215. The normalized spacial score (nSPS) is 10.5. The number of pyridine rings is 1. The maximum atomic E-state index is 12.3. The molecule has 1 heterocycles. The number of aromatic nitrogens is 1. The van der Waals surface area contributed by atoms with Gasteiger partial charge in [-0.15, -0.1) is 11.8 Å². The molecular weight excluding hydrogens is 217 g/mol. The van der Waals surface area contributed by atoms with Gasteiger partial charge in [0.1, 0.15) is 11.5 Å². The van der Waals surface area contributed by atoms with Gasteiger partial charge in [-0.2, -0.15) is 13.2 Å². The van der Waals surface area contributed by atoms with E-state index in [1.54, 1.807) is 6.92 Å². The molecule has 2 nitrogen and oxygen atoms in total. The topological polar surface area (TPSA) is 24.9 Å². The predicted octanol–water partition coefficient (Wildman–Crippen LogP) is 2.93. The second-order valence-corrected chi connectivity index (χ2v) is 3.01. The van der Waals surface area contributed by atoms with Gasteiger partial charge in [0, 0.05) is 13.0 Å². The smallest absolute Gasteiger partial charge is 0.369 e. The molecule has 1 N–H and O–H groups in total. The molecule has 0 aliphatic heterocycles. The van der Waals surface area contributed by atoms with Gasteiger partial charge >= 0.3 is 6.18 Å². The summed E-state index contributed by atoms with van der Waals surface area (Å²) in [6, 6.07) is 3.76. The van der Waals surface area contributed by atoms with Gasteiger partial charge in [-0.3, -0.25) is 0 Å². The maximum Gasteiger partial charge on any atom is 0.433 e. The average Bonchev–Trinajstić information content (AvgIpc) is 2.24. The molecule has 0 bridgehead atoms. The first-order valence-electron chi connectivity index (χ1n) is 4.72. The van der Waals surface area contributed by atoms with Crippen molar-refractivity contribution in [3.63, 3.8) is 0 Å². The summed E-state index contributed by atoms with van der Waals surface area (Å²) in [6.07, 6.45) is -3.82. The summed E-state index contributed by atoms with van der Waals surface area (Å²) in [5.41, 5.74) is -0.890. The average molecular weight is 228 g/mol. The summed E-state index contributed by atoms with van der Waals surface area (Å²) in [5.74, 6) is 5.72. The highest BCUT2D eigenvalue weighted by Gasteiger charge is 2.32. The molecule has 5 heteroatoms. The fraction of sp³-hybridized carbons (Fsp3) is 0.364. The Hall–Kier alpha value is -1.70. The summed E-state index contributed by atoms with van der Waals surface area (Å²) in [4.78, 5) is 3.46. The van der Waals surface area contributed by atoms with Crippen LogP contribution in [0.25, 0.3) is 0 Å². The molecule has 1 aromatic heterocycles. The zero-order chi connectivity index (χ0) is 12.0. The number of alkyl halides is 3. The van der Waals surface area contributed by atoms with E-state index >= 15 is 0 Å². The van der Waals surface area contributed by atoms with Crippen LogP contribution in [-0.4, -0.2) is 11.5 Å². The zero-order valence-electron chi connectivity index (χ0n) is 8.73. The highest BCUT2D eigenvalue weighted by molar-refractivity contribution is 5.36. The van der Waals surface area contributed by atoms with Gasteiger partial charge in [0.05, 0.1) is 0 Å². The Morgan fingerprint density at radius 2 is 2.12 bits per heavy atom. The van der Waals surface area contributed by atoms with Gasteiger partial charge in [-0.05, 0) is 19.1 Å². The molecule has 0 fully saturated rings. The van der Waals surface area contributed by atoms with E-state index in [0.717, 1.165) is 6.07 Å². The minimum Gasteiger partial charge on any atom is -0.369 e. The van der Waals surface area contributed by atoms with Crippen LogP contribution in [0.1, 0.15) is 19.0 Å². The molecule has 1 rings (SSSR count). The van der Waals surface area contributed by atoms with Crippen LogP contribution in [0.4, 0.5) is 19.0 Å². The van der Waals surface area contributed by atoms with Gasteiger partial charge < -0.3 is 5.32 Å². The Kier molecular flexibility index (Phi) is 4.18. The van der Waals surface area contributed by atoms with Crippen LogP contribution < -0.4 is 5.32 Å². The van der Waals surface area contributed by atoms with Crippen molar-refractivity contribution in [1.82, 2.24) is 4.98 Å². The third-order valence-electron chi connectivity index (χ3n) is 1.77. The van der Waals surface area contributed by atoms with Crippen LogP contribution in [-0.2, 0) is 6.18 Å². The summed E-state index contributed by atoms with van der Waals surface area (Å²) in [5, 5.41) is 2.78. The molecule has 16 heavy (non-hydrogen) atoms. The number of hydrogen-bond acceptors (Lipinski definition) is 2. The highest BCUT2D eigenvalue weighted by Crippen LogP contribution is 2.27. The second-order valence-electron chi connectivity index (χ2n) is 3.01. The lowest BCUT2D eigenvalue weighted by atomic mass is 10.3. The molecule has 0 saturated heterocycles. The zero-order valence-corrected chi connectivity index (χ0v) is 8.73. The molecule has 1 aromatic rings. The van der Waals surface area contributed by atoms with E-state index in [9.17, 15) is 13.2 Å². The fourth-order valence-electron chi connectivity index (χ4n) is 1.07. The van der Waals surface area contributed by atoms with Crippen molar-refractivity contribution < 1.29 is 13.2 Å². The van der Waals surface area contributed by atoms with Crippen LogP contribution in [0.15, 0.2) is 18.2 Å². The Balaban J connectivity index is 2.63. The number of nitrogens with one attached hydrogen (secondary N) is 1. The Morgan fingerprint density at radius 1 is 1.38 bits per heavy atom. The van der Waals surface area contributed by atoms with Crippen molar-refractivity contribution in [3.8, 4) is 11.8 Å².